The summed E-state index contributed by atoms with van der Waals surface area (Å²) in [5.74, 6) is 0. The van der Waals surface area contributed by atoms with E-state index in [2.05, 4.69) is 0 Å². The molecule has 18 heavy (non-hydrogen) atoms. The molecule has 2 aromatic rings. The lowest BCUT2D eigenvalue weighted by Gasteiger charge is -2.17. The van der Waals surface area contributed by atoms with Crippen molar-refractivity contribution in [1.82, 2.24) is 0 Å². The van der Waals surface area contributed by atoms with Crippen LogP contribution >= 0.6 is 7.60 Å². The van der Waals surface area contributed by atoms with Crippen LogP contribution in [0.2, 0.25) is 0 Å². The normalized spacial score (nSPS) is 11.9. The van der Waals surface area contributed by atoms with Gasteiger partial charge in [0, 0.05) is 0 Å². The fraction of sp³-hybridized carbons (Fsp3) is 0.286. The van der Waals surface area contributed by atoms with E-state index in [-0.39, 0.29) is 0 Å². The lowest BCUT2D eigenvalue weighted by Crippen LogP contribution is -2.10. The van der Waals surface area contributed by atoms with Crippen LogP contribution in [0.3, 0.4) is 0 Å². The summed E-state index contributed by atoms with van der Waals surface area (Å²) in [5, 5.41) is 2.76. The van der Waals surface area contributed by atoms with E-state index >= 15 is 0 Å². The molecular weight excluding hydrogens is 247 g/mol. The van der Waals surface area contributed by atoms with Gasteiger partial charge < -0.3 is 9.05 Å². The second kappa shape index (κ2) is 5.66. The molecule has 0 aliphatic heterocycles. The van der Waals surface area contributed by atoms with E-state index in [0.717, 1.165) is 10.8 Å². The van der Waals surface area contributed by atoms with Gasteiger partial charge in [-0.3, -0.25) is 4.57 Å². The lowest BCUT2D eigenvalue weighted by molar-refractivity contribution is 0.230. The molecular formula is C14H17O3P. The summed E-state index contributed by atoms with van der Waals surface area (Å²) in [7, 11) is -3.18. The number of rotatable bonds is 5. The summed E-state index contributed by atoms with van der Waals surface area (Å²) >= 11 is 0. The van der Waals surface area contributed by atoms with Crippen LogP contribution in [0, 0.1) is 0 Å². The van der Waals surface area contributed by atoms with Crippen molar-refractivity contribution in [3.05, 3.63) is 42.5 Å². The van der Waals surface area contributed by atoms with Gasteiger partial charge in [0.1, 0.15) is 0 Å². The zero-order chi connectivity index (χ0) is 13.0. The van der Waals surface area contributed by atoms with Gasteiger partial charge in [0.25, 0.3) is 0 Å². The van der Waals surface area contributed by atoms with Crippen LogP contribution in [-0.2, 0) is 13.6 Å². The molecule has 0 bridgehead atoms. The summed E-state index contributed by atoms with van der Waals surface area (Å²) in [4.78, 5) is 0. The minimum atomic E-state index is -3.18. The van der Waals surface area contributed by atoms with Crippen LogP contribution in [0.25, 0.3) is 10.8 Å². The van der Waals surface area contributed by atoms with Crippen molar-refractivity contribution in [2.45, 2.75) is 13.8 Å². The van der Waals surface area contributed by atoms with Crippen LogP contribution in [0.15, 0.2) is 42.5 Å². The molecule has 0 spiro atoms. The first kappa shape index (κ1) is 13.3. The smallest absolute Gasteiger partial charge is 0.305 e. The summed E-state index contributed by atoms with van der Waals surface area (Å²) in [5.41, 5.74) is 0. The SMILES string of the molecule is CCOP(=O)(OCC)c1ccc2ccccc2c1. The molecule has 96 valence electrons. The van der Waals surface area contributed by atoms with Crippen LogP contribution < -0.4 is 5.30 Å². The Hall–Kier alpha value is -1.15. The average molecular weight is 264 g/mol. The van der Waals surface area contributed by atoms with Gasteiger partial charge in [0.05, 0.1) is 18.5 Å². The van der Waals surface area contributed by atoms with Crippen molar-refractivity contribution in [1.29, 1.82) is 0 Å². The quantitative estimate of drug-likeness (QED) is 0.772. The fourth-order valence-electron chi connectivity index (χ4n) is 1.87. The monoisotopic (exact) mass is 264 g/mol. The van der Waals surface area contributed by atoms with Gasteiger partial charge in [-0.2, -0.15) is 0 Å². The Morgan fingerprint density at radius 3 is 2.17 bits per heavy atom. The zero-order valence-corrected chi connectivity index (χ0v) is 11.5. The first-order chi connectivity index (χ1) is 8.69. The predicted molar refractivity (Wildman–Crippen MR) is 74.4 cm³/mol. The molecule has 0 aliphatic rings. The lowest BCUT2D eigenvalue weighted by atomic mass is 10.1. The van der Waals surface area contributed by atoms with Crippen molar-refractivity contribution >= 4 is 23.7 Å². The molecule has 0 N–H and O–H groups in total. The molecule has 0 heterocycles. The van der Waals surface area contributed by atoms with Gasteiger partial charge >= 0.3 is 7.60 Å². The maximum Gasteiger partial charge on any atom is 0.361 e. The van der Waals surface area contributed by atoms with Crippen molar-refractivity contribution in [3.8, 4) is 0 Å². The molecule has 0 atom stereocenters. The van der Waals surface area contributed by atoms with Crippen LogP contribution in [0.5, 0.6) is 0 Å². The number of hydrogen-bond acceptors (Lipinski definition) is 3. The van der Waals surface area contributed by atoms with Gasteiger partial charge in [-0.15, -0.1) is 0 Å². The highest BCUT2D eigenvalue weighted by Gasteiger charge is 2.26. The highest BCUT2D eigenvalue weighted by Crippen LogP contribution is 2.47. The zero-order valence-electron chi connectivity index (χ0n) is 10.6. The van der Waals surface area contributed by atoms with E-state index in [1.807, 2.05) is 56.3 Å². The van der Waals surface area contributed by atoms with Gasteiger partial charge in [0.15, 0.2) is 0 Å². The molecule has 0 radical (unpaired) electrons. The fourth-order valence-corrected chi connectivity index (χ4v) is 3.48. The Morgan fingerprint density at radius 1 is 0.944 bits per heavy atom. The summed E-state index contributed by atoms with van der Waals surface area (Å²) in [6, 6.07) is 13.6. The Labute approximate surface area is 107 Å². The van der Waals surface area contributed by atoms with Crippen LogP contribution in [0.1, 0.15) is 13.8 Å². The highest BCUT2D eigenvalue weighted by molar-refractivity contribution is 7.62. The summed E-state index contributed by atoms with van der Waals surface area (Å²) in [6.07, 6.45) is 0. The van der Waals surface area contributed by atoms with Gasteiger partial charge in [-0.05, 0) is 36.8 Å². The van der Waals surface area contributed by atoms with Gasteiger partial charge in [0.2, 0.25) is 0 Å². The molecule has 0 amide bonds. The van der Waals surface area contributed by atoms with Crippen molar-refractivity contribution in [2.24, 2.45) is 0 Å². The second-order valence-electron chi connectivity index (χ2n) is 3.86. The van der Waals surface area contributed by atoms with Crippen molar-refractivity contribution in [2.75, 3.05) is 13.2 Å². The number of benzene rings is 2. The number of hydrogen-bond donors (Lipinski definition) is 0. The Kier molecular flexibility index (Phi) is 4.18. The molecule has 0 aromatic heterocycles. The molecule has 0 fully saturated rings. The molecule has 4 heteroatoms. The van der Waals surface area contributed by atoms with Crippen LogP contribution in [0.4, 0.5) is 0 Å². The van der Waals surface area contributed by atoms with E-state index in [1.165, 1.54) is 0 Å². The minimum absolute atomic E-state index is 0.365. The van der Waals surface area contributed by atoms with E-state index in [0.29, 0.717) is 18.5 Å². The molecule has 2 aromatic carbocycles. The molecule has 0 saturated carbocycles. The topological polar surface area (TPSA) is 35.5 Å². The van der Waals surface area contributed by atoms with Gasteiger partial charge in [-0.1, -0.05) is 30.3 Å². The van der Waals surface area contributed by atoms with E-state index < -0.39 is 7.60 Å². The summed E-state index contributed by atoms with van der Waals surface area (Å²) in [6.45, 7) is 4.35. The van der Waals surface area contributed by atoms with E-state index in [9.17, 15) is 4.57 Å². The Bertz CT molecular complexity index is 570. The maximum absolute atomic E-state index is 12.6. The largest absolute Gasteiger partial charge is 0.361 e. The minimum Gasteiger partial charge on any atom is -0.305 e. The molecule has 0 aliphatic carbocycles. The molecule has 0 saturated heterocycles. The Balaban J connectivity index is 2.47. The standard InChI is InChI=1S/C14H17O3P/c1-3-16-18(15,17-4-2)14-10-9-12-7-5-6-8-13(12)11-14/h5-11H,3-4H2,1-2H3. The maximum atomic E-state index is 12.6. The number of fused-ring (bicyclic) bond motifs is 1. The molecule has 0 unspecified atom stereocenters. The van der Waals surface area contributed by atoms with Crippen molar-refractivity contribution < 1.29 is 13.6 Å². The third-order valence-electron chi connectivity index (χ3n) is 2.65. The molecule has 3 nitrogen and oxygen atoms in total. The third-order valence-corrected chi connectivity index (χ3v) is 4.75. The second-order valence-corrected chi connectivity index (χ2v) is 5.89. The first-order valence-electron chi connectivity index (χ1n) is 6.08. The van der Waals surface area contributed by atoms with E-state index in [1.54, 1.807) is 0 Å². The molecule has 2 rings (SSSR count). The highest BCUT2D eigenvalue weighted by atomic mass is 31.2. The Morgan fingerprint density at radius 2 is 1.56 bits per heavy atom. The van der Waals surface area contributed by atoms with E-state index in [4.69, 9.17) is 9.05 Å². The summed E-state index contributed by atoms with van der Waals surface area (Å²) < 4.78 is 23.3. The third kappa shape index (κ3) is 2.64. The van der Waals surface area contributed by atoms with Gasteiger partial charge in [-0.25, -0.2) is 0 Å². The predicted octanol–water partition coefficient (Wildman–Crippen LogP) is 3.73. The van der Waals surface area contributed by atoms with Crippen LogP contribution in [-0.4, -0.2) is 13.2 Å². The van der Waals surface area contributed by atoms with Crippen molar-refractivity contribution in [3.63, 3.8) is 0 Å². The first-order valence-corrected chi connectivity index (χ1v) is 7.62. The average Bonchev–Trinajstić information content (AvgIpc) is 2.39.